The minimum atomic E-state index is -0.0234. The number of hydrogen-bond donors (Lipinski definition) is 2. The third-order valence-electron chi connectivity index (χ3n) is 3.98. The van der Waals surface area contributed by atoms with Crippen molar-refractivity contribution in [1.29, 1.82) is 0 Å². The second-order valence-electron chi connectivity index (χ2n) is 6.14. The second-order valence-corrected chi connectivity index (χ2v) is 6.14. The zero-order valence-electron chi connectivity index (χ0n) is 13.4. The summed E-state index contributed by atoms with van der Waals surface area (Å²) in [6, 6.07) is 6.29. The average Bonchev–Trinajstić information content (AvgIpc) is 3.13. The maximum atomic E-state index is 6.37. The molecule has 0 spiro atoms. The highest BCUT2D eigenvalue weighted by Gasteiger charge is 2.17. The van der Waals surface area contributed by atoms with Crippen LogP contribution in [0.25, 0.3) is 22.2 Å². The molecule has 0 radical (unpaired) electrons. The number of nitrogens with one attached hydrogen (secondary N) is 1. The molecular weight excluding hydrogens is 274 g/mol. The molecule has 0 aliphatic heterocycles. The molecule has 3 rings (SSSR count). The largest absolute Gasteiger partial charge is 0.327 e. The molecule has 0 fully saturated rings. The average molecular weight is 297 g/mol. The lowest BCUT2D eigenvalue weighted by Gasteiger charge is -2.15. The Balaban J connectivity index is 2.08. The number of hydrogen-bond acceptors (Lipinski definition) is 3. The van der Waals surface area contributed by atoms with E-state index in [0.29, 0.717) is 5.92 Å². The van der Waals surface area contributed by atoms with Gasteiger partial charge in [-0.15, -0.1) is 0 Å². The zero-order chi connectivity index (χ0) is 15.7. The highest BCUT2D eigenvalue weighted by atomic mass is 15.1. The number of aryl methyl sites for hydroxylation is 1. The molecule has 3 N–H and O–H groups in total. The Morgan fingerprint density at radius 1 is 1.27 bits per heavy atom. The number of aromatic nitrogens is 4. The van der Waals surface area contributed by atoms with Gasteiger partial charge in [-0.05, 0) is 37.0 Å². The molecule has 3 aromatic rings. The van der Waals surface area contributed by atoms with Crippen molar-refractivity contribution in [2.75, 3.05) is 0 Å². The van der Waals surface area contributed by atoms with Gasteiger partial charge in [0, 0.05) is 18.3 Å². The predicted molar refractivity (Wildman–Crippen MR) is 89.4 cm³/mol. The monoisotopic (exact) mass is 297 g/mol. The third-order valence-corrected chi connectivity index (χ3v) is 3.98. The molecule has 1 atom stereocenters. The fourth-order valence-corrected chi connectivity index (χ4v) is 2.96. The lowest BCUT2D eigenvalue weighted by atomic mass is 10.0. The van der Waals surface area contributed by atoms with Crippen LogP contribution in [0.3, 0.4) is 0 Å². The number of nitrogens with zero attached hydrogens (tertiary/aromatic N) is 3. The Kier molecular flexibility index (Phi) is 3.98. The number of aromatic amines is 1. The van der Waals surface area contributed by atoms with Crippen molar-refractivity contribution in [2.24, 2.45) is 11.7 Å². The first-order valence-corrected chi connectivity index (χ1v) is 7.85. The van der Waals surface area contributed by atoms with Gasteiger partial charge in [0.2, 0.25) is 0 Å². The molecular formula is C17H23N5. The van der Waals surface area contributed by atoms with Crippen LogP contribution in [0, 0.1) is 5.92 Å². The first-order chi connectivity index (χ1) is 10.6. The maximum Gasteiger partial charge on any atom is 0.126 e. The molecule has 0 bridgehead atoms. The molecule has 1 aromatic carbocycles. The topological polar surface area (TPSA) is 72.5 Å². The predicted octanol–water partition coefficient (Wildman–Crippen LogP) is 3.49. The zero-order valence-corrected chi connectivity index (χ0v) is 13.4. The van der Waals surface area contributed by atoms with E-state index in [9.17, 15) is 0 Å². The number of benzene rings is 1. The minimum absolute atomic E-state index is 0.0234. The quantitative estimate of drug-likeness (QED) is 0.757. The summed E-state index contributed by atoms with van der Waals surface area (Å²) >= 11 is 0. The van der Waals surface area contributed by atoms with Crippen molar-refractivity contribution < 1.29 is 0 Å². The van der Waals surface area contributed by atoms with Crippen LogP contribution in [0.2, 0.25) is 0 Å². The Morgan fingerprint density at radius 2 is 2.09 bits per heavy atom. The van der Waals surface area contributed by atoms with Gasteiger partial charge in [0.25, 0.3) is 0 Å². The van der Waals surface area contributed by atoms with E-state index in [1.807, 2.05) is 12.4 Å². The first-order valence-electron chi connectivity index (χ1n) is 7.85. The fraction of sp³-hybridized carbons (Fsp3) is 0.412. The summed E-state index contributed by atoms with van der Waals surface area (Å²) < 4.78 is 2.23. The summed E-state index contributed by atoms with van der Waals surface area (Å²) in [5.74, 6) is 1.54. The SMILES string of the molecule is CCn1c(C(N)CC(C)C)nc2ccc(-c3cn[nH]c3)cc21. The van der Waals surface area contributed by atoms with Gasteiger partial charge in [0.05, 0.1) is 23.3 Å². The van der Waals surface area contributed by atoms with E-state index < -0.39 is 0 Å². The summed E-state index contributed by atoms with van der Waals surface area (Å²) in [5.41, 5.74) is 10.7. The lowest BCUT2D eigenvalue weighted by Crippen LogP contribution is -2.18. The summed E-state index contributed by atoms with van der Waals surface area (Å²) in [6.45, 7) is 7.38. The van der Waals surface area contributed by atoms with Gasteiger partial charge < -0.3 is 10.3 Å². The third kappa shape index (κ3) is 2.64. The van der Waals surface area contributed by atoms with Crippen molar-refractivity contribution >= 4 is 11.0 Å². The van der Waals surface area contributed by atoms with Crippen LogP contribution in [0.15, 0.2) is 30.6 Å². The summed E-state index contributed by atoms with van der Waals surface area (Å²) in [5, 5.41) is 6.88. The molecule has 116 valence electrons. The van der Waals surface area contributed by atoms with Crippen molar-refractivity contribution in [1.82, 2.24) is 19.7 Å². The number of imidazole rings is 1. The normalized spacial score (nSPS) is 13.1. The molecule has 22 heavy (non-hydrogen) atoms. The molecule has 0 amide bonds. The van der Waals surface area contributed by atoms with Gasteiger partial charge in [-0.2, -0.15) is 5.10 Å². The van der Waals surface area contributed by atoms with Crippen LogP contribution in [0.5, 0.6) is 0 Å². The lowest BCUT2D eigenvalue weighted by molar-refractivity contribution is 0.479. The Labute approximate surface area is 130 Å². The minimum Gasteiger partial charge on any atom is -0.327 e. The van der Waals surface area contributed by atoms with Gasteiger partial charge in [-0.3, -0.25) is 5.10 Å². The number of rotatable bonds is 5. The van der Waals surface area contributed by atoms with E-state index in [4.69, 9.17) is 10.7 Å². The van der Waals surface area contributed by atoms with Crippen molar-refractivity contribution in [3.63, 3.8) is 0 Å². The highest BCUT2D eigenvalue weighted by Crippen LogP contribution is 2.27. The van der Waals surface area contributed by atoms with Crippen LogP contribution >= 0.6 is 0 Å². The molecule has 2 aromatic heterocycles. The molecule has 0 aliphatic carbocycles. The second kappa shape index (κ2) is 5.93. The Bertz CT molecular complexity index is 755. The van der Waals surface area contributed by atoms with Crippen LogP contribution in [-0.4, -0.2) is 19.7 Å². The Hall–Kier alpha value is -2.14. The van der Waals surface area contributed by atoms with E-state index in [-0.39, 0.29) is 6.04 Å². The number of fused-ring (bicyclic) bond motifs is 1. The van der Waals surface area contributed by atoms with Gasteiger partial charge >= 0.3 is 0 Å². The van der Waals surface area contributed by atoms with Gasteiger partial charge in [0.1, 0.15) is 5.82 Å². The number of H-pyrrole nitrogens is 1. The van der Waals surface area contributed by atoms with Crippen LogP contribution in [-0.2, 0) is 6.54 Å². The van der Waals surface area contributed by atoms with Gasteiger partial charge in [-0.1, -0.05) is 19.9 Å². The van der Waals surface area contributed by atoms with Crippen molar-refractivity contribution in [2.45, 2.75) is 39.8 Å². The van der Waals surface area contributed by atoms with Crippen molar-refractivity contribution in [3.05, 3.63) is 36.4 Å². The molecule has 5 heteroatoms. The standard InChI is InChI=1S/C17H23N5/c1-4-22-16-8-12(13-9-19-20-10-13)5-6-15(16)21-17(22)14(18)7-11(2)3/h5-6,8-11,14H,4,7,18H2,1-3H3,(H,19,20). The summed E-state index contributed by atoms with van der Waals surface area (Å²) in [7, 11) is 0. The molecule has 0 aliphatic rings. The highest BCUT2D eigenvalue weighted by molar-refractivity contribution is 5.82. The van der Waals surface area contributed by atoms with Gasteiger partial charge in [0.15, 0.2) is 0 Å². The smallest absolute Gasteiger partial charge is 0.126 e. The van der Waals surface area contributed by atoms with Crippen LogP contribution < -0.4 is 5.73 Å². The van der Waals surface area contributed by atoms with E-state index in [1.165, 1.54) is 0 Å². The van der Waals surface area contributed by atoms with E-state index in [0.717, 1.165) is 41.0 Å². The molecule has 0 saturated heterocycles. The molecule has 1 unspecified atom stereocenters. The first kappa shape index (κ1) is 14.8. The summed E-state index contributed by atoms with van der Waals surface area (Å²) in [4.78, 5) is 4.77. The van der Waals surface area contributed by atoms with E-state index >= 15 is 0 Å². The maximum absolute atomic E-state index is 6.37. The van der Waals surface area contributed by atoms with Crippen LogP contribution in [0.1, 0.15) is 39.1 Å². The fourth-order valence-electron chi connectivity index (χ4n) is 2.96. The van der Waals surface area contributed by atoms with Gasteiger partial charge in [-0.25, -0.2) is 4.98 Å². The molecule has 2 heterocycles. The summed E-state index contributed by atoms with van der Waals surface area (Å²) in [6.07, 6.45) is 4.68. The van der Waals surface area contributed by atoms with E-state index in [2.05, 4.69) is 53.7 Å². The molecule has 0 saturated carbocycles. The van der Waals surface area contributed by atoms with Crippen molar-refractivity contribution in [3.8, 4) is 11.1 Å². The Morgan fingerprint density at radius 3 is 2.73 bits per heavy atom. The molecule has 5 nitrogen and oxygen atoms in total. The van der Waals surface area contributed by atoms with Crippen LogP contribution in [0.4, 0.5) is 0 Å². The number of nitrogens with two attached hydrogens (primary N) is 1. The van der Waals surface area contributed by atoms with E-state index in [1.54, 1.807) is 0 Å².